The third-order valence-electron chi connectivity index (χ3n) is 2.55. The zero-order valence-electron chi connectivity index (χ0n) is 10.7. The van der Waals surface area contributed by atoms with Crippen LogP contribution in [0.4, 0.5) is 10.5 Å². The van der Waals surface area contributed by atoms with Crippen LogP contribution in [0.2, 0.25) is 0 Å². The lowest BCUT2D eigenvalue weighted by Gasteiger charge is -2.13. The van der Waals surface area contributed by atoms with Gasteiger partial charge >= 0.3 is 12.0 Å². The van der Waals surface area contributed by atoms with Gasteiger partial charge in [-0.25, -0.2) is 14.6 Å². The zero-order valence-corrected chi connectivity index (χ0v) is 10.7. The van der Waals surface area contributed by atoms with Crippen molar-refractivity contribution in [1.29, 1.82) is 0 Å². The van der Waals surface area contributed by atoms with Gasteiger partial charge in [0.15, 0.2) is 0 Å². The molecule has 0 radical (unpaired) electrons. The predicted octanol–water partition coefficient (Wildman–Crippen LogP) is -0.0394. The summed E-state index contributed by atoms with van der Waals surface area (Å²) in [5, 5.41) is 17.9. The number of aliphatic carboxylic acids is 1. The summed E-state index contributed by atoms with van der Waals surface area (Å²) in [5.74, 6) is -1.12. The Labute approximate surface area is 114 Å². The smallest absolute Gasteiger partial charge is 0.326 e. The van der Waals surface area contributed by atoms with Crippen LogP contribution in [0.1, 0.15) is 5.69 Å². The van der Waals surface area contributed by atoms with E-state index in [1.54, 1.807) is 13.2 Å². The molecule has 0 saturated heterocycles. The molecule has 9 nitrogen and oxygen atoms in total. The molecule has 0 aliphatic heterocycles. The molecule has 2 aromatic heterocycles. The Hall–Kier alpha value is -2.84. The molecule has 9 heteroatoms. The maximum Gasteiger partial charge on any atom is 0.326 e. The van der Waals surface area contributed by atoms with Gasteiger partial charge in [0.2, 0.25) is 0 Å². The molecule has 0 saturated carbocycles. The first-order chi connectivity index (χ1) is 9.54. The predicted molar refractivity (Wildman–Crippen MR) is 69.1 cm³/mol. The summed E-state index contributed by atoms with van der Waals surface area (Å²) in [6.07, 6.45) is 6.14. The average molecular weight is 278 g/mol. The molecule has 20 heavy (non-hydrogen) atoms. The van der Waals surface area contributed by atoms with Crippen LogP contribution >= 0.6 is 0 Å². The molecule has 1 atom stereocenters. The summed E-state index contributed by atoms with van der Waals surface area (Å²) >= 11 is 0. The summed E-state index contributed by atoms with van der Waals surface area (Å²) in [4.78, 5) is 29.4. The molecular weight excluding hydrogens is 264 g/mol. The van der Waals surface area contributed by atoms with Crippen LogP contribution in [0.3, 0.4) is 0 Å². The molecular formula is C11H14N6O3. The van der Waals surface area contributed by atoms with Gasteiger partial charge in [-0.15, -0.1) is 0 Å². The number of H-pyrrole nitrogens is 1. The monoisotopic (exact) mass is 278 g/mol. The summed E-state index contributed by atoms with van der Waals surface area (Å²) in [7, 11) is 1.71. The van der Waals surface area contributed by atoms with E-state index in [0.29, 0.717) is 11.4 Å². The van der Waals surface area contributed by atoms with Gasteiger partial charge in [0, 0.05) is 31.6 Å². The van der Waals surface area contributed by atoms with Crippen LogP contribution in [-0.2, 0) is 18.3 Å². The highest BCUT2D eigenvalue weighted by Crippen LogP contribution is 2.04. The number of amides is 2. The van der Waals surface area contributed by atoms with Crippen molar-refractivity contribution >= 4 is 17.7 Å². The summed E-state index contributed by atoms with van der Waals surface area (Å²) < 4.78 is 1.52. The summed E-state index contributed by atoms with van der Waals surface area (Å²) in [6.45, 7) is 0. The van der Waals surface area contributed by atoms with E-state index < -0.39 is 18.0 Å². The fraction of sp³-hybridized carbons (Fsp3) is 0.273. The minimum absolute atomic E-state index is 0.121. The van der Waals surface area contributed by atoms with Gasteiger partial charge in [0.25, 0.3) is 0 Å². The summed E-state index contributed by atoms with van der Waals surface area (Å²) in [5.41, 5.74) is 1.11. The molecule has 0 bridgehead atoms. The normalized spacial score (nSPS) is 11.8. The number of imidazole rings is 1. The van der Waals surface area contributed by atoms with Gasteiger partial charge in [-0.1, -0.05) is 0 Å². The van der Waals surface area contributed by atoms with Gasteiger partial charge in [-0.2, -0.15) is 5.10 Å². The van der Waals surface area contributed by atoms with Crippen LogP contribution in [0.25, 0.3) is 0 Å². The standard InChI is InChI=1S/C11H14N6O3/c1-17-5-8(4-14-17)15-11(20)16-9(10(18)19)2-7-3-12-6-13-7/h3-6,9H,2H2,1H3,(H,12,13)(H,18,19)(H2,15,16,20). The Kier molecular flexibility index (Phi) is 3.99. The minimum Gasteiger partial charge on any atom is -0.480 e. The van der Waals surface area contributed by atoms with Crippen LogP contribution < -0.4 is 10.6 Å². The molecule has 2 rings (SSSR count). The van der Waals surface area contributed by atoms with E-state index in [-0.39, 0.29) is 6.42 Å². The lowest BCUT2D eigenvalue weighted by atomic mass is 10.2. The maximum atomic E-state index is 11.7. The van der Waals surface area contributed by atoms with E-state index in [4.69, 9.17) is 5.11 Å². The molecule has 2 amide bonds. The average Bonchev–Trinajstić information content (AvgIpc) is 3.00. The zero-order chi connectivity index (χ0) is 14.5. The van der Waals surface area contributed by atoms with Gasteiger partial charge in [-0.05, 0) is 0 Å². The maximum absolute atomic E-state index is 11.7. The van der Waals surface area contributed by atoms with E-state index >= 15 is 0 Å². The van der Waals surface area contributed by atoms with Crippen LogP contribution in [0.15, 0.2) is 24.9 Å². The molecule has 0 spiro atoms. The van der Waals surface area contributed by atoms with Crippen molar-refractivity contribution in [3.8, 4) is 0 Å². The number of hydrogen-bond donors (Lipinski definition) is 4. The first-order valence-electron chi connectivity index (χ1n) is 5.81. The molecule has 0 aliphatic carbocycles. The third kappa shape index (κ3) is 3.57. The number of urea groups is 1. The minimum atomic E-state index is -1.12. The van der Waals surface area contributed by atoms with Crippen molar-refractivity contribution in [2.75, 3.05) is 5.32 Å². The molecule has 2 heterocycles. The SMILES string of the molecule is Cn1cc(NC(=O)NC(Cc2cnc[nH]2)C(=O)O)cn1. The number of aromatic nitrogens is 4. The largest absolute Gasteiger partial charge is 0.480 e. The molecule has 0 fully saturated rings. The van der Waals surface area contributed by atoms with Crippen LogP contribution in [0.5, 0.6) is 0 Å². The molecule has 2 aromatic rings. The van der Waals surface area contributed by atoms with Gasteiger partial charge < -0.3 is 20.7 Å². The van der Waals surface area contributed by atoms with Crippen molar-refractivity contribution < 1.29 is 14.7 Å². The first kappa shape index (κ1) is 13.6. The van der Waals surface area contributed by atoms with Crippen molar-refractivity contribution in [3.05, 3.63) is 30.6 Å². The fourth-order valence-corrected chi connectivity index (χ4v) is 1.63. The second-order valence-electron chi connectivity index (χ2n) is 4.17. The van der Waals surface area contributed by atoms with E-state index in [9.17, 15) is 9.59 Å². The number of carbonyl (C=O) groups excluding carboxylic acids is 1. The Balaban J connectivity index is 1.94. The van der Waals surface area contributed by atoms with E-state index in [1.165, 1.54) is 23.4 Å². The number of rotatable bonds is 5. The quantitative estimate of drug-likeness (QED) is 0.610. The third-order valence-corrected chi connectivity index (χ3v) is 2.55. The van der Waals surface area contributed by atoms with E-state index in [1.807, 2.05) is 0 Å². The van der Waals surface area contributed by atoms with Crippen molar-refractivity contribution in [1.82, 2.24) is 25.1 Å². The number of carbonyl (C=O) groups is 2. The van der Waals surface area contributed by atoms with Crippen molar-refractivity contribution in [3.63, 3.8) is 0 Å². The number of hydrogen-bond acceptors (Lipinski definition) is 4. The highest BCUT2D eigenvalue weighted by atomic mass is 16.4. The molecule has 4 N–H and O–H groups in total. The van der Waals surface area contributed by atoms with Crippen LogP contribution in [0, 0.1) is 0 Å². The van der Waals surface area contributed by atoms with Crippen LogP contribution in [-0.4, -0.2) is 42.9 Å². The topological polar surface area (TPSA) is 125 Å². The molecule has 0 aromatic carbocycles. The van der Waals surface area contributed by atoms with Crippen molar-refractivity contribution in [2.45, 2.75) is 12.5 Å². The Morgan fingerprint density at radius 3 is 2.85 bits per heavy atom. The second kappa shape index (κ2) is 5.87. The number of nitrogens with one attached hydrogen (secondary N) is 3. The van der Waals surface area contributed by atoms with Crippen molar-refractivity contribution in [2.24, 2.45) is 7.05 Å². The lowest BCUT2D eigenvalue weighted by molar-refractivity contribution is -0.139. The lowest BCUT2D eigenvalue weighted by Crippen LogP contribution is -2.44. The highest BCUT2D eigenvalue weighted by Gasteiger charge is 2.21. The number of carboxylic acid groups (broad SMARTS) is 1. The number of aryl methyl sites for hydroxylation is 1. The number of anilines is 1. The van der Waals surface area contributed by atoms with Gasteiger partial charge in [-0.3, -0.25) is 4.68 Å². The Morgan fingerprint density at radius 1 is 1.50 bits per heavy atom. The van der Waals surface area contributed by atoms with Gasteiger partial charge in [0.05, 0.1) is 18.2 Å². The number of aromatic amines is 1. The number of carboxylic acids is 1. The first-order valence-corrected chi connectivity index (χ1v) is 5.81. The fourth-order valence-electron chi connectivity index (χ4n) is 1.63. The second-order valence-corrected chi connectivity index (χ2v) is 4.17. The Morgan fingerprint density at radius 2 is 2.30 bits per heavy atom. The molecule has 106 valence electrons. The van der Waals surface area contributed by atoms with E-state index in [0.717, 1.165) is 0 Å². The Bertz CT molecular complexity index is 591. The van der Waals surface area contributed by atoms with E-state index in [2.05, 4.69) is 25.7 Å². The molecule has 1 unspecified atom stereocenters. The summed E-state index contributed by atoms with van der Waals surface area (Å²) in [6, 6.07) is -1.66. The molecule has 0 aliphatic rings. The number of nitrogens with zero attached hydrogens (tertiary/aromatic N) is 3. The highest BCUT2D eigenvalue weighted by molar-refractivity contribution is 5.92. The van der Waals surface area contributed by atoms with Gasteiger partial charge in [0.1, 0.15) is 6.04 Å².